The molecule has 0 aliphatic rings. The maximum Gasteiger partial charge on any atom is 0.274 e. The van der Waals surface area contributed by atoms with Gasteiger partial charge in [-0.1, -0.05) is 23.5 Å². The van der Waals surface area contributed by atoms with Crippen LogP contribution < -0.4 is 65.3 Å². The van der Waals surface area contributed by atoms with E-state index in [1.165, 1.54) is 0 Å². The van der Waals surface area contributed by atoms with Crippen molar-refractivity contribution >= 4 is 84.5 Å². The number of ether oxygens (including phenoxy) is 6. The number of rotatable bonds is 27. The summed E-state index contributed by atoms with van der Waals surface area (Å²) in [5, 5.41) is 27.7. The molecule has 0 unspecified atom stereocenters. The number of hydrogen-bond donors (Lipinski definition) is 6. The molecule has 6 heterocycles. The van der Waals surface area contributed by atoms with Gasteiger partial charge in [-0.2, -0.15) is 0 Å². The van der Waals surface area contributed by atoms with E-state index in [9.17, 15) is 19.7 Å². The number of fused-ring (bicyclic) bond motifs is 3. The molecule has 0 radical (unpaired) electrons. The molecule has 10 rings (SSSR count). The summed E-state index contributed by atoms with van der Waals surface area (Å²) in [5.41, 5.74) is 4.10. The van der Waals surface area contributed by atoms with Gasteiger partial charge in [-0.3, -0.25) is 24.3 Å². The van der Waals surface area contributed by atoms with E-state index in [2.05, 4.69) is 67.1 Å². The number of H-pyrrole nitrogens is 1. The number of aromatic amines is 1. The first-order valence-corrected chi connectivity index (χ1v) is 29.9. The van der Waals surface area contributed by atoms with Gasteiger partial charge in [0, 0.05) is 120 Å². The van der Waals surface area contributed by atoms with Crippen LogP contribution >= 0.6 is 35.8 Å². The second-order valence-electron chi connectivity index (χ2n) is 19.3. The maximum atomic E-state index is 12.8. The average Bonchev–Trinajstić information content (AvgIpc) is 1.17. The molecular weight excluding hydrogens is 1210 g/mol. The van der Waals surface area contributed by atoms with E-state index in [1.807, 2.05) is 75.0 Å². The molecular formula is C60H73N17O10S3. The zero-order valence-electron chi connectivity index (χ0n) is 50.9. The normalized spacial score (nSPS) is 10.8. The fraction of sp³-hybridized carbons (Fsp3) is 0.317. The molecule has 10 aromatic rings. The van der Waals surface area contributed by atoms with E-state index in [0.717, 1.165) is 99.2 Å². The summed E-state index contributed by atoms with van der Waals surface area (Å²) in [6.45, 7) is 6.03. The Morgan fingerprint density at radius 2 is 1.22 bits per heavy atom. The minimum absolute atomic E-state index is 0.0573. The Balaban J connectivity index is 0.000000173. The predicted molar refractivity (Wildman–Crippen MR) is 355 cm³/mol. The average molecular weight is 1290 g/mol. The van der Waals surface area contributed by atoms with Gasteiger partial charge in [0.1, 0.15) is 0 Å². The van der Waals surface area contributed by atoms with E-state index in [4.69, 9.17) is 52.9 Å². The first-order chi connectivity index (χ1) is 43.8. The van der Waals surface area contributed by atoms with E-state index in [-0.39, 0.29) is 10.3 Å². The van der Waals surface area contributed by atoms with Crippen molar-refractivity contribution in [3.8, 4) is 34.5 Å². The Hall–Kier alpha value is -10.1. The van der Waals surface area contributed by atoms with Gasteiger partial charge in [0.15, 0.2) is 55.3 Å². The van der Waals surface area contributed by atoms with Gasteiger partial charge in [0.05, 0.1) is 106 Å². The number of methoxy groups -OCH3 is 6. The van der Waals surface area contributed by atoms with Crippen molar-refractivity contribution in [2.75, 3.05) is 80.0 Å². The largest absolute Gasteiger partial charge is 0.493 e. The van der Waals surface area contributed by atoms with Crippen LogP contribution in [-0.4, -0.2) is 132 Å². The first kappa shape index (κ1) is 67.4. The Labute approximate surface area is 532 Å². The second-order valence-corrected chi connectivity index (χ2v) is 21.1. The quantitative estimate of drug-likeness (QED) is 0.0122. The summed E-state index contributed by atoms with van der Waals surface area (Å²) in [5.74, 6) is 3.90. The van der Waals surface area contributed by atoms with E-state index < -0.39 is 4.92 Å². The van der Waals surface area contributed by atoms with Gasteiger partial charge in [-0.05, 0) is 86.5 Å². The topological polar surface area (TPSA) is 298 Å². The number of hydrogen-bond acceptors (Lipinski definition) is 21. The number of anilines is 2. The van der Waals surface area contributed by atoms with Crippen molar-refractivity contribution in [1.82, 2.24) is 68.7 Å². The fourth-order valence-corrected chi connectivity index (χ4v) is 10.2. The third kappa shape index (κ3) is 19.7. The van der Waals surface area contributed by atoms with Gasteiger partial charge < -0.3 is 78.3 Å². The van der Waals surface area contributed by atoms with Crippen molar-refractivity contribution in [3.05, 3.63) is 176 Å². The number of nitrogens with one attached hydrogen (secondary N) is 6. The highest BCUT2D eigenvalue weighted by molar-refractivity contribution is 7.80. The SMILES string of the molecule is CN/C(=C\[N+](=O)[O-])NCCCn1ccnc1.COc1cc2[nH]c(=S)n(CCCn3ccnc3)c(=O)c2cc1OC.COc1cc2nc(NCCCn3ccnc3)sc(=O)c2cc1OC.COc1ccc(NC(=S)NCCCn2cnc3ccccc32)cc1OC. The van der Waals surface area contributed by atoms with Gasteiger partial charge in [0.25, 0.3) is 11.8 Å². The molecule has 0 aliphatic heterocycles. The lowest BCUT2D eigenvalue weighted by Gasteiger charge is -2.13. The molecule has 30 heteroatoms. The first-order valence-electron chi connectivity index (χ1n) is 28.3. The molecule has 90 heavy (non-hydrogen) atoms. The lowest BCUT2D eigenvalue weighted by molar-refractivity contribution is -0.404. The summed E-state index contributed by atoms with van der Waals surface area (Å²) < 4.78 is 41.6. The summed E-state index contributed by atoms with van der Waals surface area (Å²) in [6.07, 6.45) is 22.5. The van der Waals surface area contributed by atoms with Crippen LogP contribution in [0, 0.1) is 14.9 Å². The summed E-state index contributed by atoms with van der Waals surface area (Å²) in [6, 6.07) is 20.5. The van der Waals surface area contributed by atoms with Gasteiger partial charge in [0.2, 0.25) is 4.74 Å². The molecule has 0 amide bonds. The number of aromatic nitrogens is 11. The number of thiocarbonyl (C=S) groups is 1. The molecule has 0 bridgehead atoms. The molecule has 0 aliphatic carbocycles. The fourth-order valence-electron chi connectivity index (χ4n) is 8.90. The summed E-state index contributed by atoms with van der Waals surface area (Å²) >= 11 is 11.8. The minimum atomic E-state index is -0.491. The van der Waals surface area contributed by atoms with Crippen LogP contribution in [0.25, 0.3) is 32.8 Å². The molecule has 0 atom stereocenters. The summed E-state index contributed by atoms with van der Waals surface area (Å²) in [7, 11) is 11.1. The molecule has 0 fully saturated rings. The number of aryl methyl sites for hydroxylation is 4. The molecule has 0 spiro atoms. The Bertz CT molecular complexity index is 4100. The molecule has 6 aromatic heterocycles. The van der Waals surface area contributed by atoms with Crippen molar-refractivity contribution in [2.45, 2.75) is 58.4 Å². The molecule has 6 N–H and O–H groups in total. The zero-order chi connectivity index (χ0) is 64.2. The smallest absolute Gasteiger partial charge is 0.274 e. The van der Waals surface area contributed by atoms with Crippen LogP contribution in [0.1, 0.15) is 25.7 Å². The lowest BCUT2D eigenvalue weighted by Crippen LogP contribution is -2.29. The third-order valence-corrected chi connectivity index (χ3v) is 14.8. The van der Waals surface area contributed by atoms with Crippen molar-refractivity contribution < 1.29 is 33.3 Å². The number of benzene rings is 4. The summed E-state index contributed by atoms with van der Waals surface area (Å²) in [4.78, 5) is 58.7. The van der Waals surface area contributed by atoms with Crippen LogP contribution in [0.2, 0.25) is 0 Å². The predicted octanol–water partition coefficient (Wildman–Crippen LogP) is 8.32. The van der Waals surface area contributed by atoms with Crippen LogP contribution in [-0.2, 0) is 32.7 Å². The molecule has 27 nitrogen and oxygen atoms in total. The van der Waals surface area contributed by atoms with E-state index in [1.54, 1.807) is 116 Å². The molecule has 0 saturated heterocycles. The Morgan fingerprint density at radius 3 is 1.83 bits per heavy atom. The Morgan fingerprint density at radius 1 is 0.656 bits per heavy atom. The number of para-hydroxylation sites is 2. The van der Waals surface area contributed by atoms with Crippen molar-refractivity contribution in [2.24, 2.45) is 0 Å². The van der Waals surface area contributed by atoms with Crippen LogP contribution in [0.4, 0.5) is 10.8 Å². The van der Waals surface area contributed by atoms with Crippen LogP contribution in [0.5, 0.6) is 34.5 Å². The third-order valence-electron chi connectivity index (χ3n) is 13.4. The highest BCUT2D eigenvalue weighted by atomic mass is 32.1. The highest BCUT2D eigenvalue weighted by Gasteiger charge is 2.14. The van der Waals surface area contributed by atoms with E-state index in [0.29, 0.717) is 90.2 Å². The van der Waals surface area contributed by atoms with Crippen molar-refractivity contribution in [3.63, 3.8) is 0 Å². The molecule has 4 aromatic carbocycles. The highest BCUT2D eigenvalue weighted by Crippen LogP contribution is 2.33. The monoisotopic (exact) mass is 1290 g/mol. The van der Waals surface area contributed by atoms with E-state index >= 15 is 0 Å². The second kappa shape index (κ2) is 35.1. The number of nitrogens with zero attached hydrogens (tertiary/aromatic N) is 11. The Kier molecular flexibility index (Phi) is 26.3. The van der Waals surface area contributed by atoms with Gasteiger partial charge >= 0.3 is 0 Å². The van der Waals surface area contributed by atoms with Crippen LogP contribution in [0.15, 0.2) is 151 Å². The molecule has 0 saturated carbocycles. The number of imidazole rings is 4. The zero-order valence-corrected chi connectivity index (χ0v) is 53.4. The van der Waals surface area contributed by atoms with Crippen LogP contribution in [0.3, 0.4) is 0 Å². The standard InChI is InChI=1S/C19H22N4O2S.2C16H18N4O3S.C9H15N5O2/c1-24-17-9-8-14(12-18(17)25-2)22-19(26)20-10-5-11-23-13-21-15-6-3-4-7-16(15)23;1-22-13-8-11-12(9-14(13)23-2)18-16(24)20(15(11)21)6-3-5-19-7-4-17-10-19;1-22-13-8-11-12(9-14(13)23-2)19-16(24-15(11)21)18-4-3-6-20-7-5-17-10-20;1-10-9(7-14(15)16)12-3-2-5-13-6-4-11-8-13/h3-4,6-9,12-13H,5,10-11H2,1-2H3,(H2,20,22,26);4,7-10H,3,5-6H2,1-2H3,(H,18,24);5,7-10H,3-4,6H2,1-2H3,(H,18,19);4,6-8,10,12H,2-3,5H2,1H3/b;;;9-7+. The minimum Gasteiger partial charge on any atom is -0.493 e. The van der Waals surface area contributed by atoms with Gasteiger partial charge in [-0.15, -0.1) is 0 Å². The van der Waals surface area contributed by atoms with Gasteiger partial charge in [-0.25, -0.2) is 24.9 Å². The van der Waals surface area contributed by atoms with Crippen molar-refractivity contribution in [1.29, 1.82) is 0 Å². The molecule has 476 valence electrons. The number of nitro groups is 1. The lowest BCUT2D eigenvalue weighted by atomic mass is 10.2. The maximum absolute atomic E-state index is 12.8.